The van der Waals surface area contributed by atoms with Gasteiger partial charge in [-0.05, 0) is 24.5 Å². The fourth-order valence-corrected chi connectivity index (χ4v) is 7.00. The maximum absolute atomic E-state index is 16.0. The van der Waals surface area contributed by atoms with Crippen LogP contribution in [0.15, 0.2) is 21.3 Å². The molecule has 19 nitrogen and oxygen atoms in total. The van der Waals surface area contributed by atoms with E-state index < -0.39 is 147 Å². The standard InChI is InChI=1S/C34H40F2O19S/c1-8-21-27(46-13(3)37)29(47-14(4)38)31(49-16(6)40)34(51-21)55-28-22(9-2)52-33(32(50-17(7)41)30(28)48-15(5)39)54-26-20(35)11-19-18(12-56(43,44)45)10-23(42)53-25(19)24(26)36/h10-11,21-22,27-34H,8-9,12H2,1-7H3,(H,43,44,45)/t21?,22?,27-,28-,29-,30-,31?,32?,33+,34+/m1/s1. The predicted molar refractivity (Wildman–Crippen MR) is 179 cm³/mol. The Kier molecular flexibility index (Phi) is 14.1. The summed E-state index contributed by atoms with van der Waals surface area (Å²) in [6.07, 6.45) is -15.6. The van der Waals surface area contributed by atoms with Crippen LogP contribution in [0.25, 0.3) is 11.0 Å². The van der Waals surface area contributed by atoms with Crippen LogP contribution in [0.4, 0.5) is 8.78 Å². The fraction of sp³-hybridized carbons (Fsp3) is 0.588. The second kappa shape index (κ2) is 18.0. The number of halogens is 2. The van der Waals surface area contributed by atoms with Crippen molar-refractivity contribution in [2.75, 3.05) is 0 Å². The Morgan fingerprint density at radius 1 is 0.696 bits per heavy atom. The third-order valence-corrected chi connectivity index (χ3v) is 9.01. The SMILES string of the molecule is CCC1O[C@@H](O[C@@H]2C(CC)O[C@@H](Oc3c(F)cc4c(CS(=O)(=O)O)cc(=O)oc4c3F)C(OC(C)=O)[C@@H]2OC(C)=O)C(OC(C)=O)[C@H](OC(C)=O)[C@@H]1OC(C)=O. The largest absolute Gasteiger partial charge is 0.456 e. The minimum absolute atomic E-state index is 0.0444. The van der Waals surface area contributed by atoms with Gasteiger partial charge in [0.25, 0.3) is 10.1 Å². The van der Waals surface area contributed by atoms with Crippen molar-refractivity contribution >= 4 is 50.9 Å². The molecule has 10 atom stereocenters. The number of esters is 5. The van der Waals surface area contributed by atoms with Crippen molar-refractivity contribution in [2.45, 2.75) is 128 Å². The van der Waals surface area contributed by atoms with E-state index in [4.69, 9.17) is 47.0 Å². The minimum Gasteiger partial charge on any atom is -0.456 e. The van der Waals surface area contributed by atoms with E-state index >= 15 is 8.78 Å². The molecule has 2 fully saturated rings. The second-order valence-electron chi connectivity index (χ2n) is 12.7. The lowest BCUT2D eigenvalue weighted by Gasteiger charge is -2.48. The number of hydrogen-bond donors (Lipinski definition) is 1. The summed E-state index contributed by atoms with van der Waals surface area (Å²) in [4.78, 5) is 73.9. The number of rotatable bonds is 13. The van der Waals surface area contributed by atoms with Gasteiger partial charge >= 0.3 is 35.5 Å². The minimum atomic E-state index is -4.79. The van der Waals surface area contributed by atoms with Crippen LogP contribution >= 0.6 is 0 Å². The van der Waals surface area contributed by atoms with Gasteiger partial charge in [0, 0.05) is 46.1 Å². The van der Waals surface area contributed by atoms with Gasteiger partial charge in [-0.1, -0.05) is 13.8 Å². The van der Waals surface area contributed by atoms with Gasteiger partial charge in [-0.25, -0.2) is 9.18 Å². The molecule has 0 saturated carbocycles. The van der Waals surface area contributed by atoms with E-state index in [9.17, 15) is 41.7 Å². The monoisotopic (exact) mass is 822 g/mol. The molecule has 2 aliphatic rings. The van der Waals surface area contributed by atoms with E-state index in [1.807, 2.05) is 0 Å². The van der Waals surface area contributed by atoms with Gasteiger partial charge in [0.1, 0.15) is 18.0 Å². The molecule has 56 heavy (non-hydrogen) atoms. The van der Waals surface area contributed by atoms with Gasteiger partial charge in [0.15, 0.2) is 47.9 Å². The van der Waals surface area contributed by atoms with Crippen LogP contribution in [-0.4, -0.2) is 104 Å². The van der Waals surface area contributed by atoms with Crippen molar-refractivity contribution in [3.8, 4) is 5.75 Å². The molecule has 1 N–H and O–H groups in total. The Bertz CT molecular complexity index is 2000. The Balaban J connectivity index is 1.81. The summed E-state index contributed by atoms with van der Waals surface area (Å²) in [6, 6.07) is 1.18. The zero-order valence-electron chi connectivity index (χ0n) is 31.0. The molecule has 2 saturated heterocycles. The average Bonchev–Trinajstić information content (AvgIpc) is 3.06. The lowest BCUT2D eigenvalue weighted by atomic mass is 9.94. The molecule has 2 aromatic rings. The van der Waals surface area contributed by atoms with E-state index in [1.54, 1.807) is 13.8 Å². The summed E-state index contributed by atoms with van der Waals surface area (Å²) >= 11 is 0. The molecule has 0 amide bonds. The summed E-state index contributed by atoms with van der Waals surface area (Å²) in [6.45, 7) is 8.29. The lowest BCUT2D eigenvalue weighted by Crippen LogP contribution is -2.66. The van der Waals surface area contributed by atoms with Gasteiger partial charge in [-0.2, -0.15) is 12.8 Å². The summed E-state index contributed by atoms with van der Waals surface area (Å²) < 4.78 is 120. The number of hydrogen-bond acceptors (Lipinski definition) is 18. The maximum atomic E-state index is 16.0. The van der Waals surface area contributed by atoms with Gasteiger partial charge in [0.05, 0.1) is 6.10 Å². The third kappa shape index (κ3) is 10.5. The molecule has 1 aromatic carbocycles. The third-order valence-electron chi connectivity index (χ3n) is 8.33. The van der Waals surface area contributed by atoms with E-state index in [2.05, 4.69) is 0 Å². The van der Waals surface area contributed by atoms with Crippen molar-refractivity contribution in [3.63, 3.8) is 0 Å². The van der Waals surface area contributed by atoms with E-state index in [0.717, 1.165) is 34.6 Å². The molecule has 4 unspecified atom stereocenters. The highest BCUT2D eigenvalue weighted by molar-refractivity contribution is 7.85. The maximum Gasteiger partial charge on any atom is 0.336 e. The van der Waals surface area contributed by atoms with Gasteiger partial charge in [-0.3, -0.25) is 28.5 Å². The van der Waals surface area contributed by atoms with Crippen LogP contribution < -0.4 is 10.4 Å². The van der Waals surface area contributed by atoms with Crippen LogP contribution in [0.3, 0.4) is 0 Å². The highest BCUT2D eigenvalue weighted by Gasteiger charge is 2.57. The van der Waals surface area contributed by atoms with E-state index in [-0.39, 0.29) is 12.8 Å². The Hall–Kier alpha value is -4.77. The predicted octanol–water partition coefficient (Wildman–Crippen LogP) is 2.15. The molecule has 0 radical (unpaired) electrons. The summed E-state index contributed by atoms with van der Waals surface area (Å²) in [5, 5.41) is -0.549. The number of carbonyl (C=O) groups excluding carboxylic acids is 5. The first-order valence-electron chi connectivity index (χ1n) is 17.0. The molecule has 0 bridgehead atoms. The van der Waals surface area contributed by atoms with E-state index in [0.29, 0.717) is 12.1 Å². The van der Waals surface area contributed by atoms with Crippen molar-refractivity contribution in [3.05, 3.63) is 39.8 Å². The Morgan fingerprint density at radius 3 is 1.64 bits per heavy atom. The molecule has 4 rings (SSSR count). The van der Waals surface area contributed by atoms with Crippen LogP contribution in [-0.2, 0) is 77.7 Å². The highest BCUT2D eigenvalue weighted by Crippen LogP contribution is 2.39. The molecule has 0 spiro atoms. The lowest BCUT2D eigenvalue weighted by molar-refractivity contribution is -0.351. The number of carbonyl (C=O) groups is 5. The zero-order valence-corrected chi connectivity index (χ0v) is 31.8. The molecule has 0 aliphatic carbocycles. The van der Waals surface area contributed by atoms with Crippen LogP contribution in [0, 0.1) is 11.6 Å². The molecule has 22 heteroatoms. The second-order valence-corrected chi connectivity index (χ2v) is 14.1. The quantitative estimate of drug-likeness (QED) is 0.131. The molecule has 310 valence electrons. The average molecular weight is 823 g/mol. The number of benzene rings is 1. The first kappa shape index (κ1) is 44.0. The van der Waals surface area contributed by atoms with Crippen molar-refractivity contribution in [1.29, 1.82) is 0 Å². The first-order valence-corrected chi connectivity index (χ1v) is 18.6. The highest BCUT2D eigenvalue weighted by atomic mass is 32.2. The van der Waals surface area contributed by atoms with Crippen LogP contribution in [0.2, 0.25) is 0 Å². The van der Waals surface area contributed by atoms with Crippen molar-refractivity contribution < 1.29 is 92.8 Å². The molecule has 3 heterocycles. The zero-order chi connectivity index (χ0) is 41.8. The smallest absolute Gasteiger partial charge is 0.336 e. The fourth-order valence-electron chi connectivity index (χ4n) is 6.37. The molecule has 1 aromatic heterocycles. The number of ether oxygens (including phenoxy) is 9. The van der Waals surface area contributed by atoms with Gasteiger partial charge in [0.2, 0.25) is 18.2 Å². The summed E-state index contributed by atoms with van der Waals surface area (Å²) in [5.74, 6) is -10.2. The van der Waals surface area contributed by atoms with Crippen LogP contribution in [0.1, 0.15) is 66.9 Å². The van der Waals surface area contributed by atoms with Crippen molar-refractivity contribution in [1.82, 2.24) is 0 Å². The molecular formula is C34H40F2O19S. The number of fused-ring (bicyclic) bond motifs is 1. The van der Waals surface area contributed by atoms with Crippen LogP contribution in [0.5, 0.6) is 5.75 Å². The molecule has 2 aliphatic heterocycles. The normalized spacial score (nSPS) is 27.8. The van der Waals surface area contributed by atoms with Gasteiger partial charge < -0.3 is 47.0 Å². The Labute approximate surface area is 317 Å². The topological polar surface area (TPSA) is 253 Å². The van der Waals surface area contributed by atoms with E-state index in [1.165, 1.54) is 0 Å². The summed E-state index contributed by atoms with van der Waals surface area (Å²) in [7, 11) is -4.79. The van der Waals surface area contributed by atoms with Crippen molar-refractivity contribution in [2.24, 2.45) is 0 Å². The summed E-state index contributed by atoms with van der Waals surface area (Å²) in [5.41, 5.74) is -2.74. The molecular weight excluding hydrogens is 782 g/mol. The van der Waals surface area contributed by atoms with Gasteiger partial charge in [-0.15, -0.1) is 0 Å². The first-order chi connectivity index (χ1) is 26.1. The Morgan fingerprint density at radius 2 is 1.14 bits per heavy atom.